The molecule has 6 rings (SSSR count). The van der Waals surface area contributed by atoms with Crippen LogP contribution in [-0.2, 0) is 20.4 Å². The fourth-order valence-electron chi connectivity index (χ4n) is 8.21. The number of benzene rings is 2. The summed E-state index contributed by atoms with van der Waals surface area (Å²) in [5.74, 6) is -0.747. The summed E-state index contributed by atoms with van der Waals surface area (Å²) in [5, 5.41) is 10.1. The Hall–Kier alpha value is -4.71. The van der Waals surface area contributed by atoms with Crippen LogP contribution < -0.4 is 13.8 Å². The van der Waals surface area contributed by atoms with Crippen LogP contribution in [0.15, 0.2) is 65.7 Å². The molecule has 3 aromatic rings. The van der Waals surface area contributed by atoms with Gasteiger partial charge < -0.3 is 14.4 Å². The molecule has 1 aromatic heterocycles. The molecule has 0 saturated carbocycles. The standard InChI is InChI=1S/C40H51N7O6S/c1-7-52-35-13-9-10-14-36(35)54(50,51)47-34-16-15-30(27-41)26-33(34)40(38(47)48,32-12-11-19-42-37(32)53-8-2)46(29(5)6)39(49)45-20-17-31(18-21-45)44-24-22-43(23-25-44)28(3)4/h9-16,19,26,28-29,31H,7-8,17-18,20-25H2,1-6H3. The van der Waals surface area contributed by atoms with E-state index in [1.807, 2.05) is 0 Å². The molecule has 14 heteroatoms. The Kier molecular flexibility index (Phi) is 11.5. The summed E-state index contributed by atoms with van der Waals surface area (Å²) in [6, 6.07) is 15.8. The summed E-state index contributed by atoms with van der Waals surface area (Å²) in [7, 11) is -4.66. The summed E-state index contributed by atoms with van der Waals surface area (Å²) >= 11 is 0. The number of fused-ring (bicyclic) bond motifs is 1. The van der Waals surface area contributed by atoms with Crippen LogP contribution >= 0.6 is 0 Å². The number of sulfonamides is 1. The van der Waals surface area contributed by atoms with Crippen molar-refractivity contribution in [1.29, 1.82) is 5.26 Å². The molecule has 0 radical (unpaired) electrons. The first kappa shape index (κ1) is 39.0. The van der Waals surface area contributed by atoms with Gasteiger partial charge in [0.1, 0.15) is 10.6 Å². The SMILES string of the molecule is CCOc1ccccc1S(=O)(=O)N1C(=O)C(c2cccnc2OCC)(N(C(=O)N2CCC(N3CCN(C(C)C)CC3)CC2)C(C)C)c2cc(C#N)ccc21. The highest BCUT2D eigenvalue weighted by Crippen LogP contribution is 2.53. The third kappa shape index (κ3) is 6.78. The first-order valence-electron chi connectivity index (χ1n) is 18.9. The average Bonchev–Trinajstić information content (AvgIpc) is 3.43. The van der Waals surface area contributed by atoms with Crippen molar-refractivity contribution in [3.05, 3.63) is 77.5 Å². The Labute approximate surface area is 319 Å². The molecule has 0 N–H and O–H groups in total. The number of nitriles is 1. The van der Waals surface area contributed by atoms with Crippen LogP contribution in [0.1, 0.15) is 71.1 Å². The van der Waals surface area contributed by atoms with Gasteiger partial charge in [-0.2, -0.15) is 9.57 Å². The van der Waals surface area contributed by atoms with E-state index in [2.05, 4.69) is 34.7 Å². The number of carbonyl (C=O) groups is 2. The van der Waals surface area contributed by atoms with Gasteiger partial charge in [0.25, 0.3) is 15.9 Å². The zero-order chi connectivity index (χ0) is 38.8. The minimum Gasteiger partial charge on any atom is -0.492 e. The summed E-state index contributed by atoms with van der Waals surface area (Å²) in [5.41, 5.74) is -1.52. The minimum absolute atomic E-state index is 0.0225. The molecule has 1 unspecified atom stereocenters. The van der Waals surface area contributed by atoms with Crippen molar-refractivity contribution in [3.63, 3.8) is 0 Å². The van der Waals surface area contributed by atoms with Gasteiger partial charge in [-0.1, -0.05) is 12.1 Å². The van der Waals surface area contributed by atoms with E-state index in [0.29, 0.717) is 25.2 Å². The number of urea groups is 1. The van der Waals surface area contributed by atoms with Gasteiger partial charge in [0.2, 0.25) is 5.88 Å². The van der Waals surface area contributed by atoms with Gasteiger partial charge in [0.05, 0.1) is 36.1 Å². The van der Waals surface area contributed by atoms with Crippen molar-refractivity contribution in [1.82, 2.24) is 24.6 Å². The molecule has 0 bridgehead atoms. The highest BCUT2D eigenvalue weighted by Gasteiger charge is 2.63. The molecule has 288 valence electrons. The normalized spacial score (nSPS) is 19.9. The number of amides is 3. The second kappa shape index (κ2) is 15.9. The van der Waals surface area contributed by atoms with Gasteiger partial charge in [0, 0.05) is 69.2 Å². The molecule has 0 aliphatic carbocycles. The summed E-state index contributed by atoms with van der Waals surface area (Å²) in [6.07, 6.45) is 3.05. The second-order valence-corrected chi connectivity index (χ2v) is 16.2. The first-order valence-corrected chi connectivity index (χ1v) is 20.4. The molecule has 3 amide bonds. The van der Waals surface area contributed by atoms with Crippen LogP contribution in [-0.4, -0.2) is 116 Å². The molecule has 0 spiro atoms. The maximum atomic E-state index is 15.7. The Bertz CT molecular complexity index is 2000. The maximum Gasteiger partial charge on any atom is 0.321 e. The second-order valence-electron chi connectivity index (χ2n) is 14.4. The zero-order valence-electron chi connectivity index (χ0n) is 32.1. The van der Waals surface area contributed by atoms with Crippen LogP contribution in [0, 0.1) is 11.3 Å². The molecule has 3 aliphatic heterocycles. The topological polar surface area (TPSA) is 140 Å². The number of carbonyl (C=O) groups excluding carboxylic acids is 2. The van der Waals surface area contributed by atoms with E-state index in [9.17, 15) is 13.7 Å². The molecule has 2 aromatic carbocycles. The van der Waals surface area contributed by atoms with E-state index in [0.717, 1.165) is 43.3 Å². The number of piperazine rings is 1. The van der Waals surface area contributed by atoms with Crippen LogP contribution in [0.5, 0.6) is 11.6 Å². The number of rotatable bonds is 11. The highest BCUT2D eigenvalue weighted by molar-refractivity contribution is 7.93. The van der Waals surface area contributed by atoms with E-state index in [4.69, 9.17) is 9.47 Å². The Morgan fingerprint density at radius 1 is 0.944 bits per heavy atom. The van der Waals surface area contributed by atoms with Gasteiger partial charge in [-0.15, -0.1) is 0 Å². The van der Waals surface area contributed by atoms with Crippen LogP contribution in [0.2, 0.25) is 0 Å². The third-order valence-electron chi connectivity index (χ3n) is 10.8. The van der Waals surface area contributed by atoms with Crippen molar-refractivity contribution in [2.75, 3.05) is 56.8 Å². The van der Waals surface area contributed by atoms with E-state index >= 15 is 9.59 Å². The summed E-state index contributed by atoms with van der Waals surface area (Å²) in [6.45, 7) is 16.9. The number of hydrogen-bond donors (Lipinski definition) is 0. The quantitative estimate of drug-likeness (QED) is 0.261. The minimum atomic E-state index is -4.66. The number of pyridine rings is 1. The predicted molar refractivity (Wildman–Crippen MR) is 205 cm³/mol. The molecule has 2 saturated heterocycles. The van der Waals surface area contributed by atoms with Gasteiger partial charge >= 0.3 is 6.03 Å². The molecule has 54 heavy (non-hydrogen) atoms. The lowest BCUT2D eigenvalue weighted by atomic mass is 9.81. The van der Waals surface area contributed by atoms with Crippen molar-refractivity contribution in [2.24, 2.45) is 0 Å². The Morgan fingerprint density at radius 2 is 1.63 bits per heavy atom. The molecular formula is C40H51N7O6S. The monoisotopic (exact) mass is 757 g/mol. The Morgan fingerprint density at radius 3 is 2.26 bits per heavy atom. The zero-order valence-corrected chi connectivity index (χ0v) is 32.9. The van der Waals surface area contributed by atoms with Crippen LogP contribution in [0.4, 0.5) is 10.5 Å². The van der Waals surface area contributed by atoms with Gasteiger partial charge in [-0.05, 0) is 96.8 Å². The number of ether oxygens (including phenoxy) is 2. The highest BCUT2D eigenvalue weighted by atomic mass is 32.2. The number of aromatic nitrogens is 1. The number of piperidine rings is 1. The van der Waals surface area contributed by atoms with Gasteiger partial charge in [-0.25, -0.2) is 18.2 Å². The summed E-state index contributed by atoms with van der Waals surface area (Å²) in [4.78, 5) is 43.5. The number of para-hydroxylation sites is 1. The fraction of sp³-hybridized carbons (Fsp3) is 0.500. The number of nitrogens with zero attached hydrogens (tertiary/aromatic N) is 7. The molecule has 4 heterocycles. The maximum absolute atomic E-state index is 15.7. The van der Waals surface area contributed by atoms with Gasteiger partial charge in [0.15, 0.2) is 5.54 Å². The molecule has 2 fully saturated rings. The smallest absolute Gasteiger partial charge is 0.321 e. The number of hydrogen-bond acceptors (Lipinski definition) is 10. The largest absolute Gasteiger partial charge is 0.492 e. The average molecular weight is 758 g/mol. The molecular weight excluding hydrogens is 707 g/mol. The summed E-state index contributed by atoms with van der Waals surface area (Å²) < 4.78 is 42.3. The number of likely N-dealkylation sites (tertiary alicyclic amines) is 1. The molecule has 13 nitrogen and oxygen atoms in total. The van der Waals surface area contributed by atoms with Crippen molar-refractivity contribution < 1.29 is 27.5 Å². The van der Waals surface area contributed by atoms with Gasteiger partial charge in [-0.3, -0.25) is 19.5 Å². The molecule has 1 atom stereocenters. The van der Waals surface area contributed by atoms with Crippen LogP contribution in [0.25, 0.3) is 0 Å². The number of anilines is 1. The lowest BCUT2D eigenvalue weighted by molar-refractivity contribution is -0.126. The van der Waals surface area contributed by atoms with E-state index in [1.165, 1.54) is 41.4 Å². The Balaban J connectivity index is 1.49. The lowest BCUT2D eigenvalue weighted by Crippen LogP contribution is -2.63. The third-order valence-corrected chi connectivity index (χ3v) is 12.5. The fourth-order valence-corrected chi connectivity index (χ4v) is 9.80. The predicted octanol–water partition coefficient (Wildman–Crippen LogP) is 5.05. The first-order chi connectivity index (χ1) is 25.9. The van der Waals surface area contributed by atoms with E-state index in [1.54, 1.807) is 56.9 Å². The van der Waals surface area contributed by atoms with Crippen molar-refractivity contribution in [2.45, 2.75) is 82.9 Å². The lowest BCUT2D eigenvalue weighted by Gasteiger charge is -2.47. The van der Waals surface area contributed by atoms with Crippen LogP contribution in [0.3, 0.4) is 0 Å². The van der Waals surface area contributed by atoms with E-state index in [-0.39, 0.29) is 52.1 Å². The van der Waals surface area contributed by atoms with Crippen molar-refractivity contribution >= 4 is 27.6 Å². The van der Waals surface area contributed by atoms with E-state index < -0.39 is 33.5 Å². The molecule has 3 aliphatic rings. The van der Waals surface area contributed by atoms with Crippen molar-refractivity contribution in [3.8, 4) is 17.7 Å².